The van der Waals surface area contributed by atoms with Crippen LogP contribution in [0.15, 0.2) is 22.7 Å². The van der Waals surface area contributed by atoms with Gasteiger partial charge in [-0.2, -0.15) is 0 Å². The minimum atomic E-state index is -0.805. The van der Waals surface area contributed by atoms with Crippen LogP contribution in [-0.2, 0) is 9.59 Å². The molecule has 1 aliphatic heterocycles. The number of nitrogens with one attached hydrogen (secondary N) is 1. The van der Waals surface area contributed by atoms with Crippen molar-refractivity contribution in [3.05, 3.63) is 27.7 Å². The molecule has 1 atom stereocenters. The number of nitrogens with zero attached hydrogens (tertiary/aromatic N) is 1. The number of hydrogen-bond acceptors (Lipinski definition) is 2. The SMILES string of the molecule is CC1(C2CC2)NC(=O)CN(c2cc(Br)ccc2Cl)C1=O. The highest BCUT2D eigenvalue weighted by Crippen LogP contribution is 2.43. The predicted octanol–water partition coefficient (Wildman–Crippen LogP) is 2.73. The molecule has 1 saturated carbocycles. The third kappa shape index (κ3) is 2.23. The van der Waals surface area contributed by atoms with Gasteiger partial charge in [-0.05, 0) is 43.9 Å². The zero-order chi connectivity index (χ0) is 14.5. The van der Waals surface area contributed by atoms with Gasteiger partial charge < -0.3 is 5.32 Å². The average molecular weight is 358 g/mol. The van der Waals surface area contributed by atoms with Gasteiger partial charge in [0.2, 0.25) is 5.91 Å². The highest BCUT2D eigenvalue weighted by Gasteiger charge is 2.53. The number of anilines is 1. The normalized spacial score (nSPS) is 26.6. The van der Waals surface area contributed by atoms with Gasteiger partial charge >= 0.3 is 0 Å². The molecule has 2 amide bonds. The van der Waals surface area contributed by atoms with E-state index in [1.54, 1.807) is 18.2 Å². The number of piperazine rings is 1. The largest absolute Gasteiger partial charge is 0.340 e. The van der Waals surface area contributed by atoms with Crippen molar-refractivity contribution in [1.29, 1.82) is 0 Å². The fourth-order valence-corrected chi connectivity index (χ4v) is 3.27. The van der Waals surface area contributed by atoms with E-state index in [9.17, 15) is 9.59 Å². The highest BCUT2D eigenvalue weighted by molar-refractivity contribution is 9.10. The summed E-state index contributed by atoms with van der Waals surface area (Å²) in [5.41, 5.74) is -0.228. The quantitative estimate of drug-likeness (QED) is 0.885. The molecule has 106 valence electrons. The molecular formula is C14H14BrClN2O2. The first-order chi connectivity index (χ1) is 9.41. The number of halogens is 2. The lowest BCUT2D eigenvalue weighted by Gasteiger charge is -2.40. The second-order valence-corrected chi connectivity index (χ2v) is 6.83. The predicted molar refractivity (Wildman–Crippen MR) is 80.8 cm³/mol. The van der Waals surface area contributed by atoms with Crippen molar-refractivity contribution in [3.63, 3.8) is 0 Å². The summed E-state index contributed by atoms with van der Waals surface area (Å²) in [7, 11) is 0. The van der Waals surface area contributed by atoms with E-state index >= 15 is 0 Å². The molecule has 0 radical (unpaired) electrons. The number of amides is 2. The molecule has 2 fully saturated rings. The van der Waals surface area contributed by atoms with E-state index in [0.29, 0.717) is 10.7 Å². The van der Waals surface area contributed by atoms with Crippen molar-refractivity contribution < 1.29 is 9.59 Å². The monoisotopic (exact) mass is 356 g/mol. The van der Waals surface area contributed by atoms with E-state index in [0.717, 1.165) is 17.3 Å². The lowest BCUT2D eigenvalue weighted by Crippen LogP contribution is -2.66. The minimum absolute atomic E-state index is 0.0112. The minimum Gasteiger partial charge on any atom is -0.340 e. The maximum absolute atomic E-state index is 12.8. The summed E-state index contributed by atoms with van der Waals surface area (Å²) in [5, 5.41) is 3.32. The van der Waals surface area contributed by atoms with Gasteiger partial charge in [0.05, 0.1) is 10.7 Å². The number of benzene rings is 1. The van der Waals surface area contributed by atoms with Gasteiger partial charge in [-0.25, -0.2) is 0 Å². The smallest absolute Gasteiger partial charge is 0.253 e. The van der Waals surface area contributed by atoms with Crippen molar-refractivity contribution in [2.45, 2.75) is 25.3 Å². The Bertz CT molecular complexity index is 603. The van der Waals surface area contributed by atoms with Crippen LogP contribution in [-0.4, -0.2) is 23.9 Å². The number of hydrogen-bond donors (Lipinski definition) is 1. The molecule has 0 spiro atoms. The first-order valence-electron chi connectivity index (χ1n) is 6.50. The van der Waals surface area contributed by atoms with Gasteiger partial charge in [-0.15, -0.1) is 0 Å². The topological polar surface area (TPSA) is 49.4 Å². The molecule has 0 aromatic heterocycles. The Hall–Kier alpha value is -1.07. The van der Waals surface area contributed by atoms with E-state index in [2.05, 4.69) is 21.2 Å². The van der Waals surface area contributed by atoms with Crippen LogP contribution in [0.5, 0.6) is 0 Å². The maximum Gasteiger partial charge on any atom is 0.253 e. The van der Waals surface area contributed by atoms with Crippen LogP contribution in [0.3, 0.4) is 0 Å². The Morgan fingerprint density at radius 2 is 2.10 bits per heavy atom. The van der Waals surface area contributed by atoms with Crippen LogP contribution in [0.25, 0.3) is 0 Å². The molecule has 1 saturated heterocycles. The summed E-state index contributed by atoms with van der Waals surface area (Å²) in [6, 6.07) is 5.29. The molecule has 0 bridgehead atoms. The van der Waals surface area contributed by atoms with Crippen molar-refractivity contribution in [1.82, 2.24) is 5.32 Å². The Morgan fingerprint density at radius 1 is 1.40 bits per heavy atom. The van der Waals surface area contributed by atoms with Gasteiger partial charge in [0, 0.05) is 4.47 Å². The Kier molecular flexibility index (Phi) is 3.29. The summed E-state index contributed by atoms with van der Waals surface area (Å²) < 4.78 is 0.823. The number of carbonyl (C=O) groups is 2. The van der Waals surface area contributed by atoms with Gasteiger partial charge in [-0.3, -0.25) is 14.5 Å². The fourth-order valence-electron chi connectivity index (χ4n) is 2.70. The second-order valence-electron chi connectivity index (χ2n) is 5.51. The van der Waals surface area contributed by atoms with Crippen LogP contribution in [0.2, 0.25) is 5.02 Å². The van der Waals surface area contributed by atoms with E-state index in [1.165, 1.54) is 4.90 Å². The molecule has 4 nitrogen and oxygen atoms in total. The molecule has 1 unspecified atom stereocenters. The van der Waals surface area contributed by atoms with Gasteiger partial charge in [-0.1, -0.05) is 27.5 Å². The third-order valence-electron chi connectivity index (χ3n) is 3.98. The van der Waals surface area contributed by atoms with Crippen molar-refractivity contribution in [3.8, 4) is 0 Å². The Morgan fingerprint density at radius 3 is 2.75 bits per heavy atom. The fraction of sp³-hybridized carbons (Fsp3) is 0.429. The van der Waals surface area contributed by atoms with Gasteiger partial charge in [0.1, 0.15) is 12.1 Å². The van der Waals surface area contributed by atoms with Crippen LogP contribution < -0.4 is 10.2 Å². The van der Waals surface area contributed by atoms with Gasteiger partial charge in [0.25, 0.3) is 5.91 Å². The summed E-state index contributed by atoms with van der Waals surface area (Å²) in [4.78, 5) is 26.2. The first-order valence-corrected chi connectivity index (χ1v) is 7.67. The van der Waals surface area contributed by atoms with Crippen LogP contribution in [0.1, 0.15) is 19.8 Å². The number of rotatable bonds is 2. The lowest BCUT2D eigenvalue weighted by atomic mass is 9.91. The molecule has 1 N–H and O–H groups in total. The summed E-state index contributed by atoms with van der Waals surface area (Å²) in [5.74, 6) is 0.00215. The zero-order valence-electron chi connectivity index (χ0n) is 11.0. The highest BCUT2D eigenvalue weighted by atomic mass is 79.9. The molecule has 3 rings (SSSR count). The molecule has 2 aliphatic rings. The second kappa shape index (κ2) is 4.74. The van der Waals surface area contributed by atoms with Crippen LogP contribution in [0, 0.1) is 5.92 Å². The van der Waals surface area contributed by atoms with Crippen molar-refractivity contribution >= 4 is 45.0 Å². The number of carbonyl (C=O) groups excluding carboxylic acids is 2. The van der Waals surface area contributed by atoms with Crippen LogP contribution in [0.4, 0.5) is 5.69 Å². The zero-order valence-corrected chi connectivity index (χ0v) is 13.3. The maximum atomic E-state index is 12.8. The molecule has 1 aromatic carbocycles. The Balaban J connectivity index is 2.01. The van der Waals surface area contributed by atoms with Crippen molar-refractivity contribution in [2.24, 2.45) is 5.92 Å². The molecule has 20 heavy (non-hydrogen) atoms. The summed E-state index contributed by atoms with van der Waals surface area (Å²) in [6.07, 6.45) is 1.95. The van der Waals surface area contributed by atoms with E-state index < -0.39 is 5.54 Å². The molecule has 1 aliphatic carbocycles. The average Bonchev–Trinajstić information content (AvgIpc) is 3.21. The molecule has 1 heterocycles. The standard InChI is InChI=1S/C14H14BrClN2O2/c1-14(8-2-3-8)13(20)18(7-12(19)17-14)11-6-9(15)4-5-10(11)16/h4-6,8H,2-3,7H2,1H3,(H,17,19). The summed E-state index contributed by atoms with van der Waals surface area (Å²) in [6.45, 7) is 1.82. The molecule has 1 aromatic rings. The summed E-state index contributed by atoms with van der Waals surface area (Å²) >= 11 is 9.56. The van der Waals surface area contributed by atoms with Crippen molar-refractivity contribution in [2.75, 3.05) is 11.4 Å². The first kappa shape index (κ1) is 13.9. The van der Waals surface area contributed by atoms with E-state index in [4.69, 9.17) is 11.6 Å². The third-order valence-corrected chi connectivity index (χ3v) is 4.80. The lowest BCUT2D eigenvalue weighted by molar-refractivity contribution is -0.136. The van der Waals surface area contributed by atoms with Crippen LogP contribution >= 0.6 is 27.5 Å². The molecule has 6 heteroatoms. The molecular weight excluding hydrogens is 344 g/mol. The van der Waals surface area contributed by atoms with Gasteiger partial charge in [0.15, 0.2) is 0 Å². The Labute approximate surface area is 130 Å². The van der Waals surface area contributed by atoms with E-state index in [1.807, 2.05) is 6.92 Å². The van der Waals surface area contributed by atoms with E-state index in [-0.39, 0.29) is 24.3 Å².